The molecule has 0 bridgehead atoms. The number of halogens is 5. The van der Waals surface area contributed by atoms with Crippen molar-refractivity contribution in [3.63, 3.8) is 0 Å². The number of hydrogen-bond donors (Lipinski definition) is 1. The predicted octanol–water partition coefficient (Wildman–Crippen LogP) is 3.36. The van der Waals surface area contributed by atoms with Crippen LogP contribution in [0.2, 0.25) is 0 Å². The van der Waals surface area contributed by atoms with Gasteiger partial charge in [-0.3, -0.25) is 9.69 Å². The Bertz CT molecular complexity index is 582. The van der Waals surface area contributed by atoms with Crippen LogP contribution in [0, 0.1) is 0 Å². The largest absolute Gasteiger partial charge is 0.493 e. The maximum Gasteiger partial charge on any atom is 0.390 e. The Morgan fingerprint density at radius 1 is 1.23 bits per heavy atom. The Kier molecular flexibility index (Phi) is 10.3. The average molecular weight is 419 g/mol. The Balaban J connectivity index is 0.00000312. The van der Waals surface area contributed by atoms with Gasteiger partial charge in [0.25, 0.3) is 0 Å². The zero-order chi connectivity index (χ0) is 17.7. The van der Waals surface area contributed by atoms with Crippen LogP contribution in [-0.2, 0) is 4.79 Å². The lowest BCUT2D eigenvalue weighted by Crippen LogP contribution is -2.46. The zero-order valence-electron chi connectivity index (χ0n) is 14.5. The average Bonchev–Trinajstić information content (AvgIpc) is 2.52. The smallest absolute Gasteiger partial charge is 0.390 e. The Morgan fingerprint density at radius 2 is 1.85 bits per heavy atom. The van der Waals surface area contributed by atoms with Crippen molar-refractivity contribution in [2.24, 2.45) is 0 Å². The van der Waals surface area contributed by atoms with E-state index in [-0.39, 0.29) is 36.3 Å². The molecule has 1 N–H and O–H groups in total. The standard InChI is InChI=1S/C16H21F3N2O3.2ClH/c1-11(22)24-14-4-3-12(9-15(14)23-2)13(10-16(17,18)19)21-7-5-20-6-8-21;;/h3-4,9,13,20H,5-8,10H2,1-2H3;2*1H/t13-;;/m0../s1. The predicted molar refractivity (Wildman–Crippen MR) is 96.7 cm³/mol. The lowest BCUT2D eigenvalue weighted by molar-refractivity contribution is -0.148. The number of alkyl halides is 3. The number of hydrogen-bond acceptors (Lipinski definition) is 5. The number of ether oxygens (including phenoxy) is 2. The third kappa shape index (κ3) is 7.19. The van der Waals surface area contributed by atoms with Gasteiger partial charge in [-0.25, -0.2) is 0 Å². The van der Waals surface area contributed by atoms with Crippen LogP contribution in [0.25, 0.3) is 0 Å². The molecule has 1 atom stereocenters. The Labute approximate surface area is 163 Å². The summed E-state index contributed by atoms with van der Waals surface area (Å²) < 4.78 is 49.3. The van der Waals surface area contributed by atoms with Crippen LogP contribution in [0.3, 0.4) is 0 Å². The summed E-state index contributed by atoms with van der Waals surface area (Å²) in [5.41, 5.74) is 0.488. The molecular formula is C16H23Cl2F3N2O3. The van der Waals surface area contributed by atoms with E-state index in [1.165, 1.54) is 26.2 Å². The first kappa shape index (κ1) is 24.8. The lowest BCUT2D eigenvalue weighted by atomic mass is 10.00. The molecule has 2 rings (SSSR count). The fraction of sp³-hybridized carbons (Fsp3) is 0.562. The highest BCUT2D eigenvalue weighted by Crippen LogP contribution is 2.37. The van der Waals surface area contributed by atoms with Crippen LogP contribution in [0.15, 0.2) is 18.2 Å². The molecule has 1 aliphatic heterocycles. The van der Waals surface area contributed by atoms with Gasteiger partial charge in [0.2, 0.25) is 0 Å². The van der Waals surface area contributed by atoms with Gasteiger partial charge in [-0.15, -0.1) is 24.8 Å². The summed E-state index contributed by atoms with van der Waals surface area (Å²) in [5.74, 6) is -0.0835. The Morgan fingerprint density at radius 3 is 2.35 bits per heavy atom. The summed E-state index contributed by atoms with van der Waals surface area (Å²) in [6.07, 6.45) is -5.22. The van der Waals surface area contributed by atoms with Gasteiger partial charge < -0.3 is 14.8 Å². The van der Waals surface area contributed by atoms with E-state index in [0.29, 0.717) is 31.7 Å². The molecule has 1 aliphatic rings. The highest BCUT2D eigenvalue weighted by Gasteiger charge is 2.36. The Hall–Kier alpha value is -1.22. The third-order valence-corrected chi connectivity index (χ3v) is 3.84. The van der Waals surface area contributed by atoms with Crippen LogP contribution in [0.5, 0.6) is 11.5 Å². The number of carbonyl (C=O) groups is 1. The van der Waals surface area contributed by atoms with Gasteiger partial charge in [0.1, 0.15) is 0 Å². The molecular weight excluding hydrogens is 396 g/mol. The van der Waals surface area contributed by atoms with Crippen LogP contribution >= 0.6 is 24.8 Å². The first-order valence-electron chi connectivity index (χ1n) is 7.68. The summed E-state index contributed by atoms with van der Waals surface area (Å²) in [7, 11) is 1.38. The molecule has 0 saturated carbocycles. The first-order chi connectivity index (χ1) is 11.3. The van der Waals surface area contributed by atoms with Crippen molar-refractivity contribution in [3.05, 3.63) is 23.8 Å². The van der Waals surface area contributed by atoms with Gasteiger partial charge in [-0.2, -0.15) is 13.2 Å². The first-order valence-corrected chi connectivity index (χ1v) is 7.68. The molecule has 10 heteroatoms. The third-order valence-electron chi connectivity index (χ3n) is 3.84. The highest BCUT2D eigenvalue weighted by molar-refractivity contribution is 5.85. The number of carbonyl (C=O) groups excluding carboxylic acids is 1. The van der Waals surface area contributed by atoms with Crippen LogP contribution in [-0.4, -0.2) is 50.3 Å². The molecule has 26 heavy (non-hydrogen) atoms. The van der Waals surface area contributed by atoms with Crippen LogP contribution < -0.4 is 14.8 Å². The van der Waals surface area contributed by atoms with Crippen molar-refractivity contribution in [1.82, 2.24) is 10.2 Å². The zero-order valence-corrected chi connectivity index (χ0v) is 16.1. The molecule has 0 aliphatic carbocycles. The summed E-state index contributed by atoms with van der Waals surface area (Å²) in [4.78, 5) is 12.9. The van der Waals surface area contributed by atoms with Crippen molar-refractivity contribution >= 4 is 30.8 Å². The van der Waals surface area contributed by atoms with E-state index >= 15 is 0 Å². The van der Waals surface area contributed by atoms with Crippen LogP contribution in [0.1, 0.15) is 24.9 Å². The molecule has 0 amide bonds. The van der Waals surface area contributed by atoms with E-state index < -0.39 is 24.6 Å². The molecule has 1 aromatic rings. The maximum atomic E-state index is 13.0. The molecule has 1 saturated heterocycles. The lowest BCUT2D eigenvalue weighted by Gasteiger charge is -2.35. The van der Waals surface area contributed by atoms with E-state index in [4.69, 9.17) is 9.47 Å². The van der Waals surface area contributed by atoms with Crippen molar-refractivity contribution in [3.8, 4) is 11.5 Å². The van der Waals surface area contributed by atoms with Gasteiger partial charge in [0.05, 0.1) is 13.5 Å². The van der Waals surface area contributed by atoms with Gasteiger partial charge in [-0.1, -0.05) is 6.07 Å². The minimum absolute atomic E-state index is 0. The maximum absolute atomic E-state index is 13.0. The SMILES string of the molecule is COc1cc([C@H](CC(F)(F)F)N2CCNCC2)ccc1OC(C)=O.Cl.Cl. The van der Waals surface area contributed by atoms with E-state index in [9.17, 15) is 18.0 Å². The molecule has 1 aromatic carbocycles. The van der Waals surface area contributed by atoms with E-state index in [0.717, 1.165) is 0 Å². The number of nitrogens with zero attached hydrogens (tertiary/aromatic N) is 1. The van der Waals surface area contributed by atoms with Gasteiger partial charge in [0.15, 0.2) is 11.5 Å². The molecule has 0 radical (unpaired) electrons. The van der Waals surface area contributed by atoms with Gasteiger partial charge >= 0.3 is 12.1 Å². The van der Waals surface area contributed by atoms with Crippen LogP contribution in [0.4, 0.5) is 13.2 Å². The van der Waals surface area contributed by atoms with Gasteiger partial charge in [0, 0.05) is 39.1 Å². The summed E-state index contributed by atoms with van der Waals surface area (Å²) in [6, 6.07) is 3.74. The van der Waals surface area contributed by atoms with Crippen molar-refractivity contribution in [2.45, 2.75) is 25.6 Å². The number of piperazine rings is 1. The van der Waals surface area contributed by atoms with Crippen molar-refractivity contribution in [2.75, 3.05) is 33.3 Å². The molecule has 150 valence electrons. The molecule has 0 spiro atoms. The topological polar surface area (TPSA) is 50.8 Å². The number of esters is 1. The number of rotatable bonds is 5. The monoisotopic (exact) mass is 418 g/mol. The molecule has 1 heterocycles. The number of nitrogens with one attached hydrogen (secondary N) is 1. The quantitative estimate of drug-likeness (QED) is 0.586. The minimum Gasteiger partial charge on any atom is -0.493 e. The fourth-order valence-corrected chi connectivity index (χ4v) is 2.80. The molecule has 0 unspecified atom stereocenters. The summed E-state index contributed by atoms with van der Waals surface area (Å²) in [5, 5.41) is 3.13. The van der Waals surface area contributed by atoms with Gasteiger partial charge in [-0.05, 0) is 17.7 Å². The second kappa shape index (κ2) is 10.8. The fourth-order valence-electron chi connectivity index (χ4n) is 2.80. The second-order valence-corrected chi connectivity index (χ2v) is 5.63. The molecule has 5 nitrogen and oxygen atoms in total. The summed E-state index contributed by atoms with van der Waals surface area (Å²) >= 11 is 0. The van der Waals surface area contributed by atoms with Crippen molar-refractivity contribution < 1.29 is 27.4 Å². The minimum atomic E-state index is -4.28. The van der Waals surface area contributed by atoms with E-state index in [1.807, 2.05) is 4.90 Å². The molecule has 1 fully saturated rings. The normalized spacial score (nSPS) is 16.0. The van der Waals surface area contributed by atoms with E-state index in [2.05, 4.69) is 5.32 Å². The summed E-state index contributed by atoms with van der Waals surface area (Å²) in [6.45, 7) is 3.62. The number of benzene rings is 1. The van der Waals surface area contributed by atoms with E-state index in [1.54, 1.807) is 6.07 Å². The van der Waals surface area contributed by atoms with Crippen molar-refractivity contribution in [1.29, 1.82) is 0 Å². The number of methoxy groups -OCH3 is 1. The second-order valence-electron chi connectivity index (χ2n) is 5.63. The highest BCUT2D eigenvalue weighted by atomic mass is 35.5. The molecule has 0 aromatic heterocycles.